The fourth-order valence-electron chi connectivity index (χ4n) is 2.56. The second kappa shape index (κ2) is 5.38. The number of ether oxygens (including phenoxy) is 2. The van der Waals surface area contributed by atoms with Gasteiger partial charge in [0.1, 0.15) is 11.5 Å². The van der Waals surface area contributed by atoms with E-state index in [-0.39, 0.29) is 0 Å². The van der Waals surface area contributed by atoms with Crippen LogP contribution in [-0.4, -0.2) is 20.8 Å². The summed E-state index contributed by atoms with van der Waals surface area (Å²) in [6.45, 7) is 0.484. The Bertz CT molecular complexity index is 404. The Labute approximate surface area is 102 Å². The van der Waals surface area contributed by atoms with Crippen LogP contribution in [-0.2, 0) is 24.1 Å². The molecule has 0 heterocycles. The molecule has 0 amide bonds. The molecule has 0 unspecified atom stereocenters. The first kappa shape index (κ1) is 12.2. The molecule has 17 heavy (non-hydrogen) atoms. The predicted octanol–water partition coefficient (Wildman–Crippen LogP) is 1.63. The van der Waals surface area contributed by atoms with Gasteiger partial charge >= 0.3 is 0 Å². The zero-order chi connectivity index (χ0) is 12.3. The maximum absolute atomic E-state index is 5.53. The number of methoxy groups -OCH3 is 2. The van der Waals surface area contributed by atoms with Crippen LogP contribution in [0.4, 0.5) is 0 Å². The van der Waals surface area contributed by atoms with E-state index in [4.69, 9.17) is 15.4 Å². The minimum Gasteiger partial charge on any atom is -0.496 e. The van der Waals surface area contributed by atoms with Gasteiger partial charge in [-0.15, -0.1) is 0 Å². The summed E-state index contributed by atoms with van der Waals surface area (Å²) >= 11 is 0. The molecule has 0 saturated carbocycles. The number of hydrogen-bond donors (Lipinski definition) is 1. The van der Waals surface area contributed by atoms with Crippen molar-refractivity contribution >= 4 is 0 Å². The maximum Gasteiger partial charge on any atom is 0.125 e. The van der Waals surface area contributed by atoms with E-state index in [1.807, 2.05) is 6.07 Å². The molecule has 0 aromatic heterocycles. The quantitative estimate of drug-likeness (QED) is 0.791. The molecule has 94 valence electrons. The Morgan fingerprint density at radius 3 is 2.59 bits per heavy atom. The minimum absolute atomic E-state index is 0.484. The van der Waals surface area contributed by atoms with Crippen LogP contribution >= 0.6 is 0 Å². The van der Waals surface area contributed by atoms with Crippen molar-refractivity contribution in [2.24, 2.45) is 5.90 Å². The van der Waals surface area contributed by atoms with Crippen molar-refractivity contribution in [3.63, 3.8) is 0 Å². The smallest absolute Gasteiger partial charge is 0.125 e. The zero-order valence-electron chi connectivity index (χ0n) is 10.4. The van der Waals surface area contributed by atoms with Crippen LogP contribution in [0.2, 0.25) is 0 Å². The average molecular weight is 237 g/mol. The molecule has 2 N–H and O–H groups in total. The van der Waals surface area contributed by atoms with Gasteiger partial charge in [-0.3, -0.25) is 0 Å². The van der Waals surface area contributed by atoms with Crippen LogP contribution in [0.5, 0.6) is 11.5 Å². The van der Waals surface area contributed by atoms with Crippen LogP contribution in [0.1, 0.15) is 23.1 Å². The normalized spacial score (nSPS) is 13.6. The molecule has 0 saturated heterocycles. The summed E-state index contributed by atoms with van der Waals surface area (Å²) in [4.78, 5) is 4.64. The van der Waals surface area contributed by atoms with Crippen LogP contribution in [0, 0.1) is 0 Å². The molecule has 1 aromatic carbocycles. The molecular weight excluding hydrogens is 218 g/mol. The lowest BCUT2D eigenvalue weighted by molar-refractivity contribution is 0.140. The summed E-state index contributed by atoms with van der Waals surface area (Å²) in [5.41, 5.74) is 3.69. The van der Waals surface area contributed by atoms with E-state index >= 15 is 0 Å². The van der Waals surface area contributed by atoms with E-state index in [0.717, 1.165) is 36.3 Å². The first-order valence-electron chi connectivity index (χ1n) is 5.89. The van der Waals surface area contributed by atoms with Crippen molar-refractivity contribution < 1.29 is 14.3 Å². The molecule has 0 fully saturated rings. The lowest BCUT2D eigenvalue weighted by atomic mass is 10.0. The summed E-state index contributed by atoms with van der Waals surface area (Å²) in [5, 5.41) is 0. The van der Waals surface area contributed by atoms with E-state index in [1.165, 1.54) is 17.5 Å². The first-order valence-corrected chi connectivity index (χ1v) is 5.89. The third kappa shape index (κ3) is 2.23. The average Bonchev–Trinajstić information content (AvgIpc) is 2.83. The van der Waals surface area contributed by atoms with Gasteiger partial charge in [0.15, 0.2) is 0 Å². The lowest BCUT2D eigenvalue weighted by Crippen LogP contribution is -2.07. The fourth-order valence-corrected chi connectivity index (χ4v) is 2.56. The monoisotopic (exact) mass is 237 g/mol. The van der Waals surface area contributed by atoms with Crippen LogP contribution in [0.25, 0.3) is 0 Å². The molecule has 4 heteroatoms. The van der Waals surface area contributed by atoms with Gasteiger partial charge in [-0.25, -0.2) is 5.90 Å². The van der Waals surface area contributed by atoms with Crippen molar-refractivity contribution in [2.75, 3.05) is 20.8 Å². The van der Waals surface area contributed by atoms with Crippen molar-refractivity contribution in [3.05, 3.63) is 22.8 Å². The number of rotatable bonds is 5. The van der Waals surface area contributed by atoms with Gasteiger partial charge in [0.2, 0.25) is 0 Å². The molecule has 1 aliphatic rings. The highest BCUT2D eigenvalue weighted by atomic mass is 16.6. The number of fused-ring (bicyclic) bond motifs is 1. The Hall–Kier alpha value is -1.26. The molecular formula is C13H19NO3. The van der Waals surface area contributed by atoms with Gasteiger partial charge in [0.05, 0.1) is 20.8 Å². The van der Waals surface area contributed by atoms with E-state index in [2.05, 4.69) is 4.84 Å². The third-order valence-electron chi connectivity index (χ3n) is 3.30. The lowest BCUT2D eigenvalue weighted by Gasteiger charge is -2.16. The maximum atomic E-state index is 5.53. The summed E-state index contributed by atoms with van der Waals surface area (Å²) < 4.78 is 11.0. The second-order valence-corrected chi connectivity index (χ2v) is 4.20. The Balaban J connectivity index is 2.43. The molecule has 0 aliphatic heterocycles. The van der Waals surface area contributed by atoms with Gasteiger partial charge < -0.3 is 14.3 Å². The number of benzene rings is 1. The summed E-state index contributed by atoms with van der Waals surface area (Å²) in [5.74, 6) is 7.02. The molecule has 1 aliphatic carbocycles. The van der Waals surface area contributed by atoms with Crippen LogP contribution in [0.3, 0.4) is 0 Å². The van der Waals surface area contributed by atoms with E-state index in [9.17, 15) is 0 Å². The van der Waals surface area contributed by atoms with E-state index in [1.54, 1.807) is 14.2 Å². The van der Waals surface area contributed by atoms with E-state index < -0.39 is 0 Å². The Kier molecular flexibility index (Phi) is 3.86. The first-order chi connectivity index (χ1) is 8.31. The molecule has 0 radical (unpaired) electrons. The third-order valence-corrected chi connectivity index (χ3v) is 3.30. The number of nitrogens with two attached hydrogens (primary N) is 1. The Morgan fingerprint density at radius 1 is 1.18 bits per heavy atom. The van der Waals surface area contributed by atoms with Crippen LogP contribution < -0.4 is 15.4 Å². The van der Waals surface area contributed by atoms with Gasteiger partial charge in [0.25, 0.3) is 0 Å². The van der Waals surface area contributed by atoms with Gasteiger partial charge in [-0.2, -0.15) is 0 Å². The fraction of sp³-hybridized carbons (Fsp3) is 0.538. The molecule has 1 aromatic rings. The predicted molar refractivity (Wildman–Crippen MR) is 65.4 cm³/mol. The molecule has 0 spiro atoms. The Morgan fingerprint density at radius 2 is 1.94 bits per heavy atom. The van der Waals surface area contributed by atoms with Crippen molar-refractivity contribution in [1.29, 1.82) is 0 Å². The van der Waals surface area contributed by atoms with Gasteiger partial charge in [-0.1, -0.05) is 0 Å². The van der Waals surface area contributed by atoms with Gasteiger partial charge in [-0.05, 0) is 25.3 Å². The minimum atomic E-state index is 0.484. The SMILES string of the molecule is COc1cc(CCON)c(OC)c2c1CCC2. The van der Waals surface area contributed by atoms with Crippen molar-refractivity contribution in [2.45, 2.75) is 25.7 Å². The highest BCUT2D eigenvalue weighted by Crippen LogP contribution is 2.40. The topological polar surface area (TPSA) is 53.7 Å². The second-order valence-electron chi connectivity index (χ2n) is 4.20. The molecule has 0 atom stereocenters. The largest absolute Gasteiger partial charge is 0.496 e. The molecule has 4 nitrogen and oxygen atoms in total. The molecule has 0 bridgehead atoms. The van der Waals surface area contributed by atoms with Crippen LogP contribution in [0.15, 0.2) is 6.07 Å². The standard InChI is InChI=1S/C13H19NO3/c1-15-12-8-9(6-7-17-14)13(16-2)11-5-3-4-10(11)12/h8H,3-7,14H2,1-2H3. The summed E-state index contributed by atoms with van der Waals surface area (Å²) in [7, 11) is 3.43. The van der Waals surface area contributed by atoms with Crippen molar-refractivity contribution in [3.8, 4) is 11.5 Å². The van der Waals surface area contributed by atoms with E-state index in [0.29, 0.717) is 6.61 Å². The summed E-state index contributed by atoms with van der Waals surface area (Å²) in [6, 6.07) is 2.04. The summed E-state index contributed by atoms with van der Waals surface area (Å²) in [6.07, 6.45) is 4.04. The molecule has 2 rings (SSSR count). The van der Waals surface area contributed by atoms with Crippen molar-refractivity contribution in [1.82, 2.24) is 0 Å². The number of hydrogen-bond acceptors (Lipinski definition) is 4. The zero-order valence-corrected chi connectivity index (χ0v) is 10.4. The highest BCUT2D eigenvalue weighted by molar-refractivity contribution is 5.55. The van der Waals surface area contributed by atoms with Gasteiger partial charge in [0, 0.05) is 23.1 Å². The highest BCUT2D eigenvalue weighted by Gasteiger charge is 2.22.